The molecule has 0 atom stereocenters. The molecule has 0 amide bonds. The third-order valence-corrected chi connectivity index (χ3v) is 3.71. The van der Waals surface area contributed by atoms with Crippen molar-refractivity contribution < 1.29 is 19.4 Å². The molecule has 0 saturated heterocycles. The number of anilines is 2. The number of nitrogens with one attached hydrogen (secondary N) is 1. The van der Waals surface area contributed by atoms with E-state index in [4.69, 9.17) is 9.47 Å². The lowest BCUT2D eigenvalue weighted by atomic mass is 10.1. The molecule has 0 fully saturated rings. The summed E-state index contributed by atoms with van der Waals surface area (Å²) >= 11 is 0. The van der Waals surface area contributed by atoms with Crippen LogP contribution in [-0.4, -0.2) is 30.2 Å². The van der Waals surface area contributed by atoms with Crippen LogP contribution in [0.3, 0.4) is 0 Å². The predicted octanol–water partition coefficient (Wildman–Crippen LogP) is 1.68. The van der Waals surface area contributed by atoms with Gasteiger partial charge in [0.1, 0.15) is 12.1 Å². The highest BCUT2D eigenvalue weighted by atomic mass is 16.5. The van der Waals surface area contributed by atoms with E-state index in [1.807, 2.05) is 0 Å². The highest BCUT2D eigenvalue weighted by molar-refractivity contribution is 5.93. The Hall–Kier alpha value is -3.35. The van der Waals surface area contributed by atoms with Crippen LogP contribution < -0.4 is 19.9 Å². The Morgan fingerprint density at radius 3 is 2.40 bits per heavy atom. The lowest BCUT2D eigenvalue weighted by Gasteiger charge is -2.12. The second kappa shape index (κ2) is 7.04. The first-order valence-electron chi connectivity index (χ1n) is 7.53. The molecule has 7 nitrogen and oxygen atoms in total. The lowest BCUT2D eigenvalue weighted by Crippen LogP contribution is -2.24. The van der Waals surface area contributed by atoms with Gasteiger partial charge in [-0.05, 0) is 23.8 Å². The molecule has 0 bridgehead atoms. The van der Waals surface area contributed by atoms with Crippen LogP contribution in [0.5, 0.6) is 11.5 Å². The summed E-state index contributed by atoms with van der Waals surface area (Å²) < 4.78 is 10.6. The maximum atomic E-state index is 10.6. The van der Waals surface area contributed by atoms with Gasteiger partial charge in [-0.2, -0.15) is 0 Å². The molecule has 1 heterocycles. The Morgan fingerprint density at radius 2 is 1.76 bits per heavy atom. The van der Waals surface area contributed by atoms with Crippen molar-refractivity contribution in [3.63, 3.8) is 0 Å². The zero-order valence-electron chi connectivity index (χ0n) is 13.8. The zero-order chi connectivity index (χ0) is 17.8. The number of carboxylic acid groups (broad SMARTS) is 1. The second-order valence-electron chi connectivity index (χ2n) is 5.32. The van der Waals surface area contributed by atoms with Crippen LogP contribution in [0.25, 0.3) is 10.9 Å². The number of hydrogen-bond acceptors (Lipinski definition) is 7. The van der Waals surface area contributed by atoms with Crippen molar-refractivity contribution in [1.29, 1.82) is 0 Å². The van der Waals surface area contributed by atoms with Gasteiger partial charge in [0, 0.05) is 29.5 Å². The molecule has 25 heavy (non-hydrogen) atoms. The molecule has 1 N–H and O–H groups in total. The Kier molecular flexibility index (Phi) is 4.65. The van der Waals surface area contributed by atoms with Crippen molar-refractivity contribution >= 4 is 28.4 Å². The van der Waals surface area contributed by atoms with E-state index in [0.29, 0.717) is 28.4 Å². The van der Waals surface area contributed by atoms with Crippen molar-refractivity contribution in [3.05, 3.63) is 48.3 Å². The highest BCUT2D eigenvalue weighted by Gasteiger charge is 2.11. The molecule has 0 unspecified atom stereocenters. The van der Waals surface area contributed by atoms with Gasteiger partial charge in [0.25, 0.3) is 0 Å². The summed E-state index contributed by atoms with van der Waals surface area (Å²) in [6.07, 6.45) is 1.34. The first-order valence-corrected chi connectivity index (χ1v) is 7.53. The minimum atomic E-state index is -1.11. The number of aromatic nitrogens is 2. The van der Waals surface area contributed by atoms with Crippen LogP contribution in [0.15, 0.2) is 42.7 Å². The Labute approximate surface area is 144 Å². The van der Waals surface area contributed by atoms with Gasteiger partial charge in [-0.3, -0.25) is 0 Å². The third-order valence-electron chi connectivity index (χ3n) is 3.71. The summed E-state index contributed by atoms with van der Waals surface area (Å²) in [7, 11) is 3.13. The van der Waals surface area contributed by atoms with Crippen LogP contribution in [0.4, 0.5) is 11.5 Å². The maximum Gasteiger partial charge on any atom is 0.162 e. The molecule has 0 radical (unpaired) electrons. The molecule has 128 valence electrons. The number of carbonyl (C=O) groups is 1. The number of benzene rings is 2. The number of ether oxygens (including phenoxy) is 2. The average Bonchev–Trinajstić information content (AvgIpc) is 2.62. The Balaban J connectivity index is 1.94. The van der Waals surface area contributed by atoms with Crippen LogP contribution in [0.2, 0.25) is 0 Å². The highest BCUT2D eigenvalue weighted by Crippen LogP contribution is 2.34. The molecule has 0 spiro atoms. The largest absolute Gasteiger partial charge is 0.550 e. The van der Waals surface area contributed by atoms with E-state index < -0.39 is 5.97 Å². The minimum absolute atomic E-state index is 0.117. The van der Waals surface area contributed by atoms with Crippen LogP contribution in [-0.2, 0) is 11.2 Å². The second-order valence-corrected chi connectivity index (χ2v) is 5.32. The first-order chi connectivity index (χ1) is 12.1. The van der Waals surface area contributed by atoms with E-state index in [9.17, 15) is 9.90 Å². The number of carboxylic acids is 1. The van der Waals surface area contributed by atoms with E-state index in [2.05, 4.69) is 15.3 Å². The van der Waals surface area contributed by atoms with E-state index >= 15 is 0 Å². The van der Waals surface area contributed by atoms with Gasteiger partial charge >= 0.3 is 0 Å². The Bertz CT molecular complexity index is 910. The fourth-order valence-corrected chi connectivity index (χ4v) is 2.49. The Morgan fingerprint density at radius 1 is 1.08 bits per heavy atom. The molecule has 1 aromatic heterocycles. The van der Waals surface area contributed by atoms with Gasteiger partial charge in [-0.25, -0.2) is 9.97 Å². The van der Waals surface area contributed by atoms with E-state index in [1.165, 1.54) is 6.33 Å². The molecule has 0 aliphatic carbocycles. The number of aliphatic carboxylic acids is 1. The van der Waals surface area contributed by atoms with Gasteiger partial charge < -0.3 is 24.7 Å². The molecule has 0 aliphatic heterocycles. The number of hydrogen-bond donors (Lipinski definition) is 1. The monoisotopic (exact) mass is 338 g/mol. The number of nitrogens with zero attached hydrogens (tertiary/aromatic N) is 2. The molecule has 0 aliphatic rings. The summed E-state index contributed by atoms with van der Waals surface area (Å²) in [5.74, 6) is 0.672. The summed E-state index contributed by atoms with van der Waals surface area (Å²) in [6, 6.07) is 10.6. The summed E-state index contributed by atoms with van der Waals surface area (Å²) in [5, 5.41) is 14.6. The number of methoxy groups -OCH3 is 2. The maximum absolute atomic E-state index is 10.6. The molecule has 3 aromatic rings. The fourth-order valence-electron chi connectivity index (χ4n) is 2.49. The van der Waals surface area contributed by atoms with Crippen LogP contribution in [0.1, 0.15) is 5.56 Å². The number of rotatable bonds is 6. The van der Waals surface area contributed by atoms with Gasteiger partial charge in [0.15, 0.2) is 11.5 Å². The standard InChI is InChI=1S/C18H17N3O4/c1-24-15-8-13-14(9-16(15)25-2)19-10-20-18(13)21-12-5-3-11(4-6-12)7-17(22)23/h3-6,8-10H,7H2,1-2H3,(H,22,23)(H,19,20,21)/p-1. The minimum Gasteiger partial charge on any atom is -0.550 e. The van der Waals surface area contributed by atoms with Crippen LogP contribution in [0, 0.1) is 0 Å². The van der Waals surface area contributed by atoms with Crippen molar-refractivity contribution in [2.24, 2.45) is 0 Å². The van der Waals surface area contributed by atoms with Crippen molar-refractivity contribution in [1.82, 2.24) is 9.97 Å². The number of carbonyl (C=O) groups excluding carboxylic acids is 1. The van der Waals surface area contributed by atoms with Crippen LogP contribution >= 0.6 is 0 Å². The third kappa shape index (κ3) is 3.60. The molecule has 3 rings (SSSR count). The number of fused-ring (bicyclic) bond motifs is 1. The van der Waals surface area contributed by atoms with Crippen molar-refractivity contribution in [2.45, 2.75) is 6.42 Å². The van der Waals surface area contributed by atoms with Gasteiger partial charge in [0.2, 0.25) is 0 Å². The predicted molar refractivity (Wildman–Crippen MR) is 91.1 cm³/mol. The zero-order valence-corrected chi connectivity index (χ0v) is 13.8. The van der Waals surface area contributed by atoms with E-state index in [-0.39, 0.29) is 6.42 Å². The molecule has 7 heteroatoms. The molecule has 0 saturated carbocycles. The normalized spacial score (nSPS) is 10.5. The summed E-state index contributed by atoms with van der Waals surface area (Å²) in [6.45, 7) is 0. The molecular weight excluding hydrogens is 322 g/mol. The molecule has 2 aromatic carbocycles. The first kappa shape index (κ1) is 16.5. The van der Waals surface area contributed by atoms with Crippen molar-refractivity contribution in [2.75, 3.05) is 19.5 Å². The summed E-state index contributed by atoms with van der Waals surface area (Å²) in [5.41, 5.74) is 2.16. The topological polar surface area (TPSA) is 96.4 Å². The lowest BCUT2D eigenvalue weighted by molar-refractivity contribution is -0.304. The fraction of sp³-hybridized carbons (Fsp3) is 0.167. The molecular formula is C18H16N3O4-. The SMILES string of the molecule is COc1cc2ncnc(Nc3ccc(CC(=O)[O-])cc3)c2cc1OC. The van der Waals surface area contributed by atoms with Gasteiger partial charge in [0.05, 0.1) is 19.7 Å². The van der Waals surface area contributed by atoms with Gasteiger partial charge in [-0.15, -0.1) is 0 Å². The summed E-state index contributed by atoms with van der Waals surface area (Å²) in [4.78, 5) is 19.2. The quantitative estimate of drug-likeness (QED) is 0.730. The average molecular weight is 338 g/mol. The van der Waals surface area contributed by atoms with Gasteiger partial charge in [-0.1, -0.05) is 12.1 Å². The van der Waals surface area contributed by atoms with E-state index in [1.54, 1.807) is 50.6 Å². The van der Waals surface area contributed by atoms with Crippen molar-refractivity contribution in [3.8, 4) is 11.5 Å². The smallest absolute Gasteiger partial charge is 0.162 e. The van der Waals surface area contributed by atoms with E-state index in [0.717, 1.165) is 11.1 Å².